The first-order valence-electron chi connectivity index (χ1n) is 11.9. The zero-order valence-electron chi connectivity index (χ0n) is 19.5. The smallest absolute Gasteiger partial charge is 0.0918 e. The van der Waals surface area contributed by atoms with E-state index in [9.17, 15) is 15.3 Å². The lowest BCUT2D eigenvalue weighted by Crippen LogP contribution is -2.32. The molecule has 3 nitrogen and oxygen atoms in total. The average Bonchev–Trinajstić information content (AvgIpc) is 3.00. The van der Waals surface area contributed by atoms with Crippen LogP contribution in [-0.4, -0.2) is 27.0 Å². The highest BCUT2D eigenvalue weighted by molar-refractivity contribution is 5.33. The third kappa shape index (κ3) is 5.11. The van der Waals surface area contributed by atoms with E-state index in [1.807, 2.05) is 19.9 Å². The summed E-state index contributed by atoms with van der Waals surface area (Å²) in [5, 5.41) is 30.1. The molecule has 0 aromatic rings. The highest BCUT2D eigenvalue weighted by atomic mass is 16.3. The fraction of sp³-hybridized carbons (Fsp3) is 0.704. The molecule has 0 aromatic carbocycles. The molecular weight excluding hydrogens is 372 g/mol. The van der Waals surface area contributed by atoms with Gasteiger partial charge in [-0.05, 0) is 87.7 Å². The second kappa shape index (κ2) is 9.04. The molecule has 0 aromatic heterocycles. The van der Waals surface area contributed by atoms with Crippen LogP contribution < -0.4 is 0 Å². The normalized spacial score (nSPS) is 34.5. The second-order valence-electron chi connectivity index (χ2n) is 10.9. The largest absolute Gasteiger partial charge is 0.513 e. The van der Waals surface area contributed by atoms with E-state index in [-0.39, 0.29) is 17.1 Å². The van der Waals surface area contributed by atoms with Crippen LogP contribution in [0.5, 0.6) is 0 Å². The van der Waals surface area contributed by atoms with Gasteiger partial charge in [-0.25, -0.2) is 0 Å². The van der Waals surface area contributed by atoms with E-state index in [4.69, 9.17) is 0 Å². The number of hydrogen-bond acceptors (Lipinski definition) is 3. The molecule has 168 valence electrons. The Kier molecular flexibility index (Phi) is 7.04. The zero-order valence-corrected chi connectivity index (χ0v) is 19.5. The molecule has 3 rings (SSSR count). The van der Waals surface area contributed by atoms with Gasteiger partial charge in [-0.1, -0.05) is 50.1 Å². The Morgan fingerprint density at radius 2 is 2.10 bits per heavy atom. The first-order valence-corrected chi connectivity index (χ1v) is 11.9. The van der Waals surface area contributed by atoms with Crippen molar-refractivity contribution in [1.82, 2.24) is 0 Å². The van der Waals surface area contributed by atoms with E-state index in [0.29, 0.717) is 18.3 Å². The quantitative estimate of drug-likeness (QED) is 0.423. The van der Waals surface area contributed by atoms with Crippen LogP contribution >= 0.6 is 0 Å². The summed E-state index contributed by atoms with van der Waals surface area (Å²) >= 11 is 0. The average molecular weight is 415 g/mol. The minimum Gasteiger partial charge on any atom is -0.513 e. The van der Waals surface area contributed by atoms with E-state index < -0.39 is 11.7 Å². The summed E-state index contributed by atoms with van der Waals surface area (Å²) in [6.07, 6.45) is 15.1. The molecule has 3 N–H and O–H groups in total. The van der Waals surface area contributed by atoms with Gasteiger partial charge in [-0.15, -0.1) is 0 Å². The van der Waals surface area contributed by atoms with Gasteiger partial charge in [0.25, 0.3) is 0 Å². The van der Waals surface area contributed by atoms with E-state index in [0.717, 1.165) is 44.1 Å². The third-order valence-corrected chi connectivity index (χ3v) is 7.90. The number of rotatable bonds is 7. The van der Waals surface area contributed by atoms with Crippen molar-refractivity contribution in [3.63, 3.8) is 0 Å². The summed E-state index contributed by atoms with van der Waals surface area (Å²) in [6.45, 7) is 12.7. The molecule has 0 heterocycles. The van der Waals surface area contributed by atoms with Crippen molar-refractivity contribution < 1.29 is 15.3 Å². The van der Waals surface area contributed by atoms with Gasteiger partial charge in [-0.3, -0.25) is 0 Å². The molecule has 3 aliphatic carbocycles. The van der Waals surface area contributed by atoms with Crippen LogP contribution in [0.4, 0.5) is 0 Å². The van der Waals surface area contributed by atoms with Gasteiger partial charge in [0.1, 0.15) is 0 Å². The maximum Gasteiger partial charge on any atom is 0.0918 e. The molecule has 5 unspecified atom stereocenters. The van der Waals surface area contributed by atoms with Crippen LogP contribution in [-0.2, 0) is 0 Å². The molecule has 1 saturated carbocycles. The summed E-state index contributed by atoms with van der Waals surface area (Å²) in [4.78, 5) is 0. The van der Waals surface area contributed by atoms with Crippen molar-refractivity contribution in [2.75, 3.05) is 0 Å². The minimum atomic E-state index is -0.625. The van der Waals surface area contributed by atoms with Crippen molar-refractivity contribution in [3.05, 3.63) is 47.3 Å². The maximum absolute atomic E-state index is 10.1. The first kappa shape index (κ1) is 23.3. The van der Waals surface area contributed by atoms with Gasteiger partial charge in [0.15, 0.2) is 0 Å². The second-order valence-corrected chi connectivity index (χ2v) is 10.9. The SMILES string of the molecule is C=C1C(O)CC(O)=CC1C/C=C1\CCCC2(C)C(C(C)CCCC(C)(C)O)=CCC12. The molecule has 0 saturated heterocycles. The van der Waals surface area contributed by atoms with Crippen LogP contribution in [0, 0.1) is 23.2 Å². The Morgan fingerprint density at radius 1 is 1.37 bits per heavy atom. The first-order chi connectivity index (χ1) is 14.0. The lowest BCUT2D eigenvalue weighted by atomic mass is 9.62. The monoisotopic (exact) mass is 414 g/mol. The highest BCUT2D eigenvalue weighted by Gasteiger charge is 2.45. The molecule has 0 spiro atoms. The highest BCUT2D eigenvalue weighted by Crippen LogP contribution is 2.57. The van der Waals surface area contributed by atoms with Crippen LogP contribution in [0.2, 0.25) is 0 Å². The summed E-state index contributed by atoms with van der Waals surface area (Å²) < 4.78 is 0. The Balaban J connectivity index is 1.67. The molecule has 30 heavy (non-hydrogen) atoms. The summed E-state index contributed by atoms with van der Waals surface area (Å²) in [5.74, 6) is 1.47. The molecular formula is C27H42O3. The van der Waals surface area contributed by atoms with Crippen LogP contribution in [0.25, 0.3) is 0 Å². The van der Waals surface area contributed by atoms with E-state index in [1.54, 1.807) is 11.1 Å². The summed E-state index contributed by atoms with van der Waals surface area (Å²) in [6, 6.07) is 0. The Hall–Kier alpha value is -1.32. The Bertz CT molecular complexity index is 736. The number of aliphatic hydroxyl groups excluding tert-OH is 2. The van der Waals surface area contributed by atoms with Crippen molar-refractivity contribution in [2.24, 2.45) is 23.2 Å². The predicted molar refractivity (Wildman–Crippen MR) is 124 cm³/mol. The molecule has 0 amide bonds. The van der Waals surface area contributed by atoms with E-state index in [2.05, 4.69) is 32.6 Å². The minimum absolute atomic E-state index is 0.0315. The van der Waals surface area contributed by atoms with Crippen molar-refractivity contribution >= 4 is 0 Å². The zero-order chi connectivity index (χ0) is 22.1. The van der Waals surface area contributed by atoms with Crippen molar-refractivity contribution in [2.45, 2.75) is 97.2 Å². The third-order valence-electron chi connectivity index (χ3n) is 7.90. The van der Waals surface area contributed by atoms with Crippen molar-refractivity contribution in [3.8, 4) is 0 Å². The van der Waals surface area contributed by atoms with Crippen molar-refractivity contribution in [1.29, 1.82) is 0 Å². The lowest BCUT2D eigenvalue weighted by Gasteiger charge is -2.43. The molecule has 3 heteroatoms. The summed E-state index contributed by atoms with van der Waals surface area (Å²) in [5.41, 5.74) is 3.69. The Morgan fingerprint density at radius 3 is 2.80 bits per heavy atom. The predicted octanol–water partition coefficient (Wildman–Crippen LogP) is 6.40. The number of allylic oxidation sites excluding steroid dienone is 5. The fourth-order valence-electron chi connectivity index (χ4n) is 6.14. The van der Waals surface area contributed by atoms with Crippen LogP contribution in [0.1, 0.15) is 85.5 Å². The standard InChI is InChI=1S/C27H42O3/c1-18(8-6-14-26(3,4)30)23-12-13-24-20(9-7-15-27(23,24)5)10-11-21-16-22(28)17-25(29)19(21)2/h10,12,16,18,21,24-25,28-30H,2,6-9,11,13-15,17H2,1,3-5H3/b20-10+. The molecule has 0 aliphatic heterocycles. The van der Waals surface area contributed by atoms with Gasteiger partial charge in [0, 0.05) is 12.3 Å². The molecule has 3 aliphatic rings. The number of aliphatic hydroxyl groups is 3. The fourth-order valence-corrected chi connectivity index (χ4v) is 6.14. The Labute approximate surface area is 183 Å². The molecule has 5 atom stereocenters. The number of fused-ring (bicyclic) bond motifs is 1. The van der Waals surface area contributed by atoms with Gasteiger partial charge in [0.05, 0.1) is 17.5 Å². The van der Waals surface area contributed by atoms with E-state index >= 15 is 0 Å². The van der Waals surface area contributed by atoms with Crippen LogP contribution in [0.15, 0.2) is 47.3 Å². The van der Waals surface area contributed by atoms with Crippen LogP contribution in [0.3, 0.4) is 0 Å². The van der Waals surface area contributed by atoms with Gasteiger partial charge in [-0.2, -0.15) is 0 Å². The van der Waals surface area contributed by atoms with Gasteiger partial charge < -0.3 is 15.3 Å². The topological polar surface area (TPSA) is 60.7 Å². The van der Waals surface area contributed by atoms with E-state index in [1.165, 1.54) is 12.8 Å². The van der Waals surface area contributed by atoms with Gasteiger partial charge in [0.2, 0.25) is 0 Å². The maximum atomic E-state index is 10.1. The lowest BCUT2D eigenvalue weighted by molar-refractivity contribution is 0.0670. The molecule has 1 fully saturated rings. The number of hydrogen-bond donors (Lipinski definition) is 3. The molecule has 0 radical (unpaired) electrons. The summed E-state index contributed by atoms with van der Waals surface area (Å²) in [7, 11) is 0. The van der Waals surface area contributed by atoms with Gasteiger partial charge >= 0.3 is 0 Å². The molecule has 0 bridgehead atoms.